The van der Waals surface area contributed by atoms with Gasteiger partial charge in [0, 0.05) is 29.1 Å². The number of urea groups is 1. The number of nitro groups is 1. The molecule has 2 amide bonds. The molecular formula is C20H17N5O5S. The second kappa shape index (κ2) is 8.63. The summed E-state index contributed by atoms with van der Waals surface area (Å²) in [4.78, 5) is 22.2. The molecule has 11 heteroatoms. The zero-order valence-electron chi connectivity index (χ0n) is 15.9. The number of amides is 2. The number of hydrogen-bond donors (Lipinski definition) is 4. The van der Waals surface area contributed by atoms with E-state index in [-0.39, 0.29) is 21.3 Å². The molecule has 0 bridgehead atoms. The third kappa shape index (κ3) is 5.03. The summed E-state index contributed by atoms with van der Waals surface area (Å²) in [5.41, 5.74) is 6.45. The lowest BCUT2D eigenvalue weighted by Crippen LogP contribution is -2.20. The number of non-ortho nitro benzene ring substituents is 1. The molecule has 0 atom stereocenters. The molecule has 158 valence electrons. The van der Waals surface area contributed by atoms with Gasteiger partial charge in [-0.25, -0.2) is 13.2 Å². The number of carbonyl (C=O) groups excluding carboxylic acids is 1. The van der Waals surface area contributed by atoms with E-state index in [0.717, 1.165) is 12.1 Å². The lowest BCUT2D eigenvalue weighted by molar-refractivity contribution is -0.384. The minimum atomic E-state index is -3.87. The highest BCUT2D eigenvalue weighted by molar-refractivity contribution is 7.91. The third-order valence-electron chi connectivity index (χ3n) is 4.21. The Morgan fingerprint density at radius 3 is 2.00 bits per heavy atom. The molecule has 0 fully saturated rings. The van der Waals surface area contributed by atoms with Crippen molar-refractivity contribution in [2.45, 2.75) is 9.79 Å². The van der Waals surface area contributed by atoms with E-state index in [9.17, 15) is 23.3 Å². The second-order valence-corrected chi connectivity index (χ2v) is 8.30. The van der Waals surface area contributed by atoms with Crippen molar-refractivity contribution in [2.75, 3.05) is 10.6 Å². The highest BCUT2D eigenvalue weighted by atomic mass is 32.2. The van der Waals surface area contributed by atoms with Gasteiger partial charge in [-0.2, -0.15) is 0 Å². The van der Waals surface area contributed by atoms with Crippen LogP contribution < -0.4 is 16.4 Å². The van der Waals surface area contributed by atoms with Crippen molar-refractivity contribution < 1.29 is 18.1 Å². The fraction of sp³-hybridized carbons (Fsp3) is 0. The molecule has 3 aromatic carbocycles. The number of nitrogens with one attached hydrogen (secondary N) is 3. The molecule has 0 heterocycles. The van der Waals surface area contributed by atoms with Gasteiger partial charge in [-0.3, -0.25) is 15.5 Å². The highest BCUT2D eigenvalue weighted by Crippen LogP contribution is 2.24. The Bertz CT molecular complexity index is 1260. The topological polar surface area (TPSA) is 168 Å². The molecule has 0 unspecified atom stereocenters. The number of nitrogens with zero attached hydrogens (tertiary/aromatic N) is 1. The number of nitrogen functional groups attached to an aromatic ring is 1. The van der Waals surface area contributed by atoms with Crippen LogP contribution in [0.25, 0.3) is 0 Å². The second-order valence-electron chi connectivity index (χ2n) is 6.35. The summed E-state index contributed by atoms with van der Waals surface area (Å²) in [6.45, 7) is 0. The Morgan fingerprint density at radius 2 is 1.45 bits per heavy atom. The van der Waals surface area contributed by atoms with Crippen LogP contribution in [-0.2, 0) is 9.84 Å². The van der Waals surface area contributed by atoms with Crippen molar-refractivity contribution in [3.05, 3.63) is 88.5 Å². The molecule has 3 aromatic rings. The number of nitro benzene ring substituents is 1. The van der Waals surface area contributed by atoms with Gasteiger partial charge in [-0.15, -0.1) is 0 Å². The predicted octanol–water partition coefficient (Wildman–Crippen LogP) is 3.36. The average Bonchev–Trinajstić information content (AvgIpc) is 2.74. The van der Waals surface area contributed by atoms with Crippen molar-refractivity contribution in [1.29, 1.82) is 5.41 Å². The Morgan fingerprint density at radius 1 is 0.903 bits per heavy atom. The maximum atomic E-state index is 12.7. The van der Waals surface area contributed by atoms with E-state index in [4.69, 9.17) is 11.1 Å². The Hall–Kier alpha value is -4.25. The first-order valence-corrected chi connectivity index (χ1v) is 10.3. The first-order valence-electron chi connectivity index (χ1n) is 8.79. The van der Waals surface area contributed by atoms with Crippen LogP contribution >= 0.6 is 0 Å². The monoisotopic (exact) mass is 439 g/mol. The minimum absolute atomic E-state index is 0.0264. The summed E-state index contributed by atoms with van der Waals surface area (Å²) < 4.78 is 25.4. The van der Waals surface area contributed by atoms with Crippen LogP contribution in [0.15, 0.2) is 82.6 Å². The zero-order valence-corrected chi connectivity index (χ0v) is 16.7. The van der Waals surface area contributed by atoms with Crippen molar-refractivity contribution >= 4 is 38.8 Å². The van der Waals surface area contributed by atoms with Gasteiger partial charge in [-0.05, 0) is 48.5 Å². The first kappa shape index (κ1) is 21.5. The molecule has 0 aliphatic rings. The van der Waals surface area contributed by atoms with E-state index in [1.165, 1.54) is 36.4 Å². The highest BCUT2D eigenvalue weighted by Gasteiger charge is 2.19. The first-order chi connectivity index (χ1) is 14.7. The van der Waals surface area contributed by atoms with Crippen LogP contribution in [0.4, 0.5) is 21.9 Å². The number of benzene rings is 3. The molecule has 0 spiro atoms. The molecule has 5 N–H and O–H groups in total. The summed E-state index contributed by atoms with van der Waals surface area (Å²) in [6, 6.07) is 16.0. The van der Waals surface area contributed by atoms with Crippen molar-refractivity contribution in [3.8, 4) is 0 Å². The van der Waals surface area contributed by atoms with Crippen molar-refractivity contribution in [2.24, 2.45) is 5.73 Å². The Labute approximate surface area is 177 Å². The zero-order chi connectivity index (χ0) is 22.6. The smallest absolute Gasteiger partial charge is 0.323 e. The van der Waals surface area contributed by atoms with E-state index in [1.54, 1.807) is 24.3 Å². The number of sulfone groups is 1. The molecule has 0 aromatic heterocycles. The number of anilines is 2. The molecule has 10 nitrogen and oxygen atoms in total. The van der Waals surface area contributed by atoms with Crippen LogP contribution in [0, 0.1) is 15.5 Å². The fourth-order valence-electron chi connectivity index (χ4n) is 2.66. The molecular weight excluding hydrogens is 422 g/mol. The normalized spacial score (nSPS) is 10.8. The van der Waals surface area contributed by atoms with Crippen LogP contribution in [0.3, 0.4) is 0 Å². The van der Waals surface area contributed by atoms with Crippen LogP contribution in [-0.4, -0.2) is 25.2 Å². The van der Waals surface area contributed by atoms with Gasteiger partial charge in [0.25, 0.3) is 5.69 Å². The van der Waals surface area contributed by atoms with Crippen LogP contribution in [0.5, 0.6) is 0 Å². The van der Waals surface area contributed by atoms with Crippen LogP contribution in [0.2, 0.25) is 0 Å². The fourth-order valence-corrected chi connectivity index (χ4v) is 3.92. The molecule has 0 aliphatic heterocycles. The van der Waals surface area contributed by atoms with Gasteiger partial charge in [-0.1, -0.05) is 12.1 Å². The summed E-state index contributed by atoms with van der Waals surface area (Å²) in [5, 5.41) is 23.3. The molecule has 0 radical (unpaired) electrons. The molecule has 3 rings (SSSR count). The minimum Gasteiger partial charge on any atom is -0.384 e. The van der Waals surface area contributed by atoms with Crippen molar-refractivity contribution in [3.63, 3.8) is 0 Å². The van der Waals surface area contributed by atoms with E-state index in [2.05, 4.69) is 10.6 Å². The maximum absolute atomic E-state index is 12.7. The molecule has 0 aliphatic carbocycles. The van der Waals surface area contributed by atoms with Gasteiger partial charge in [0.05, 0.1) is 14.7 Å². The Kier molecular flexibility index (Phi) is 5.97. The summed E-state index contributed by atoms with van der Waals surface area (Å²) in [7, 11) is -3.87. The number of rotatable bonds is 6. The van der Waals surface area contributed by atoms with E-state index in [0.29, 0.717) is 16.9 Å². The summed E-state index contributed by atoms with van der Waals surface area (Å²) >= 11 is 0. The lowest BCUT2D eigenvalue weighted by atomic mass is 10.2. The number of nitrogens with two attached hydrogens (primary N) is 1. The predicted molar refractivity (Wildman–Crippen MR) is 115 cm³/mol. The molecule has 0 saturated heterocycles. The van der Waals surface area contributed by atoms with Gasteiger partial charge in [0.1, 0.15) is 5.84 Å². The number of hydrogen-bond acceptors (Lipinski definition) is 6. The average molecular weight is 439 g/mol. The van der Waals surface area contributed by atoms with E-state index >= 15 is 0 Å². The SMILES string of the molecule is N=C(N)c1cccc(NC(=O)Nc2ccc(S(=O)(=O)c3ccc([N+](=O)[O-])cc3)cc2)c1. The van der Waals surface area contributed by atoms with Crippen molar-refractivity contribution in [1.82, 2.24) is 0 Å². The van der Waals surface area contributed by atoms with E-state index < -0.39 is 20.8 Å². The van der Waals surface area contributed by atoms with Gasteiger partial charge in [0.15, 0.2) is 0 Å². The largest absolute Gasteiger partial charge is 0.384 e. The lowest BCUT2D eigenvalue weighted by Gasteiger charge is -2.10. The third-order valence-corrected chi connectivity index (χ3v) is 6.00. The van der Waals surface area contributed by atoms with Crippen LogP contribution in [0.1, 0.15) is 5.56 Å². The van der Waals surface area contributed by atoms with Gasteiger partial charge < -0.3 is 16.4 Å². The summed E-state index contributed by atoms with van der Waals surface area (Å²) in [5.74, 6) is -0.131. The molecule has 31 heavy (non-hydrogen) atoms. The Balaban J connectivity index is 1.70. The molecule has 0 saturated carbocycles. The standard InChI is InChI=1S/C20H17N5O5S/c21-19(22)13-2-1-3-15(12-13)24-20(26)23-14-4-8-17(9-5-14)31(29,30)18-10-6-16(7-11-18)25(27)28/h1-12H,(H3,21,22)(H2,23,24,26). The summed E-state index contributed by atoms with van der Waals surface area (Å²) in [6.07, 6.45) is 0. The number of carbonyl (C=O) groups is 1. The quantitative estimate of drug-likeness (QED) is 0.199. The van der Waals surface area contributed by atoms with Gasteiger partial charge >= 0.3 is 6.03 Å². The maximum Gasteiger partial charge on any atom is 0.323 e. The number of amidine groups is 1. The van der Waals surface area contributed by atoms with Gasteiger partial charge in [0.2, 0.25) is 9.84 Å². The van der Waals surface area contributed by atoms with E-state index in [1.807, 2.05) is 0 Å².